The van der Waals surface area contributed by atoms with Crippen molar-refractivity contribution in [2.45, 2.75) is 5.03 Å². The fraction of sp³-hybridized carbons (Fsp3) is 0.400. The predicted octanol–water partition coefficient (Wildman–Crippen LogP) is 1.18. The monoisotopic (exact) mass is 284 g/mol. The second-order valence-electron chi connectivity index (χ2n) is 3.30. The van der Waals surface area contributed by atoms with Gasteiger partial charge in [-0.15, -0.1) is 11.8 Å². The normalized spacial score (nSPS) is 10.8. The van der Waals surface area contributed by atoms with Crippen LogP contribution in [0.2, 0.25) is 0 Å². The van der Waals surface area contributed by atoms with E-state index in [2.05, 4.69) is 20.3 Å². The number of nitrogens with zero attached hydrogens (tertiary/aromatic N) is 3. The smallest absolute Gasteiger partial charge is 0.280 e. The van der Waals surface area contributed by atoms with Crippen molar-refractivity contribution >= 4 is 39.4 Å². The Bertz CT molecular complexity index is 558. The third-order valence-electron chi connectivity index (χ3n) is 2.14. The van der Waals surface area contributed by atoms with E-state index < -0.39 is 0 Å². The summed E-state index contributed by atoms with van der Waals surface area (Å²) in [6.07, 6.45) is 3.40. The summed E-state index contributed by atoms with van der Waals surface area (Å²) in [5, 5.41) is 3.91. The Balaban J connectivity index is 2.21. The largest absolute Gasteiger partial charge is 0.383 e. The number of nitrogens with one attached hydrogen (secondary N) is 1. The number of hydrogen-bond acceptors (Lipinski definition) is 7. The number of aromatic nitrogens is 3. The fourth-order valence-corrected chi connectivity index (χ4v) is 2.70. The number of hydrogen-bond donors (Lipinski definition) is 1. The van der Waals surface area contributed by atoms with Crippen LogP contribution in [0.3, 0.4) is 0 Å². The van der Waals surface area contributed by atoms with Crippen molar-refractivity contribution in [2.75, 3.05) is 26.5 Å². The van der Waals surface area contributed by atoms with Gasteiger partial charge in [0.25, 0.3) is 5.91 Å². The molecule has 1 N–H and O–H groups in total. The average molecular weight is 284 g/mol. The Morgan fingerprint density at radius 2 is 2.39 bits per heavy atom. The maximum absolute atomic E-state index is 11.8. The Hall–Kier alpha value is -1.25. The third kappa shape index (κ3) is 2.77. The summed E-state index contributed by atoms with van der Waals surface area (Å²) in [5.41, 5.74) is 0.687. The summed E-state index contributed by atoms with van der Waals surface area (Å²) in [6.45, 7) is 0.943. The van der Waals surface area contributed by atoms with Crippen molar-refractivity contribution in [3.05, 3.63) is 11.3 Å². The molecule has 0 fully saturated rings. The number of amides is 1. The molecule has 6 nitrogen and oxygen atoms in total. The van der Waals surface area contributed by atoms with Crippen LogP contribution in [0.5, 0.6) is 0 Å². The molecular formula is C10H12N4O2S2. The molecule has 2 rings (SSSR count). The number of ether oxygens (including phenoxy) is 1. The van der Waals surface area contributed by atoms with Crippen LogP contribution >= 0.6 is 23.1 Å². The Morgan fingerprint density at radius 1 is 1.56 bits per heavy atom. The van der Waals surface area contributed by atoms with Gasteiger partial charge in [-0.3, -0.25) is 4.79 Å². The molecule has 18 heavy (non-hydrogen) atoms. The highest BCUT2D eigenvalue weighted by Crippen LogP contribution is 2.26. The van der Waals surface area contributed by atoms with Gasteiger partial charge in [-0.05, 0) is 6.26 Å². The van der Waals surface area contributed by atoms with Gasteiger partial charge in [0.05, 0.1) is 6.61 Å². The quantitative estimate of drug-likeness (QED) is 0.505. The molecule has 0 saturated carbocycles. The molecule has 0 radical (unpaired) electrons. The maximum Gasteiger partial charge on any atom is 0.280 e. The first-order chi connectivity index (χ1) is 8.76. The van der Waals surface area contributed by atoms with E-state index in [1.807, 2.05) is 6.26 Å². The van der Waals surface area contributed by atoms with Crippen LogP contribution in [0, 0.1) is 0 Å². The highest BCUT2D eigenvalue weighted by Gasteiger charge is 2.15. The lowest BCUT2D eigenvalue weighted by Crippen LogP contribution is -2.26. The Kier molecular flexibility index (Phi) is 4.45. The SMILES string of the molecule is COCCNC(=O)c1nc2c(SC)ncnc2s1. The second-order valence-corrected chi connectivity index (χ2v) is 5.08. The highest BCUT2D eigenvalue weighted by atomic mass is 32.2. The van der Waals surface area contributed by atoms with Gasteiger partial charge in [0.15, 0.2) is 5.01 Å². The van der Waals surface area contributed by atoms with Gasteiger partial charge in [-0.2, -0.15) is 0 Å². The van der Waals surface area contributed by atoms with Gasteiger partial charge in [-0.1, -0.05) is 11.3 Å². The standard InChI is InChI=1S/C10H12N4O2S2/c1-16-4-3-11-7(15)10-14-6-8(17-2)12-5-13-9(6)18-10/h5H,3-4H2,1-2H3,(H,11,15). The van der Waals surface area contributed by atoms with Crippen molar-refractivity contribution in [1.82, 2.24) is 20.3 Å². The van der Waals surface area contributed by atoms with Crippen molar-refractivity contribution in [1.29, 1.82) is 0 Å². The molecule has 0 aliphatic heterocycles. The molecule has 1 amide bonds. The number of methoxy groups -OCH3 is 1. The number of carbonyl (C=O) groups is 1. The van der Waals surface area contributed by atoms with Gasteiger partial charge in [0.1, 0.15) is 21.7 Å². The lowest BCUT2D eigenvalue weighted by molar-refractivity contribution is 0.0937. The molecule has 2 aromatic rings. The van der Waals surface area contributed by atoms with Gasteiger partial charge in [0, 0.05) is 13.7 Å². The van der Waals surface area contributed by atoms with E-state index in [1.165, 1.54) is 29.4 Å². The molecule has 0 unspecified atom stereocenters. The Morgan fingerprint density at radius 3 is 3.11 bits per heavy atom. The minimum absolute atomic E-state index is 0.206. The van der Waals surface area contributed by atoms with Crippen molar-refractivity contribution < 1.29 is 9.53 Å². The summed E-state index contributed by atoms with van der Waals surface area (Å²) in [4.78, 5) is 25.1. The second kappa shape index (κ2) is 6.07. The summed E-state index contributed by atoms with van der Waals surface area (Å²) < 4.78 is 4.87. The number of rotatable bonds is 5. The first-order valence-electron chi connectivity index (χ1n) is 5.19. The number of carbonyl (C=O) groups excluding carboxylic acids is 1. The topological polar surface area (TPSA) is 77.0 Å². The molecule has 8 heteroatoms. The number of thiazole rings is 1. The van der Waals surface area contributed by atoms with Crippen molar-refractivity contribution in [2.24, 2.45) is 0 Å². The van der Waals surface area contributed by atoms with E-state index in [-0.39, 0.29) is 5.91 Å². The number of fused-ring (bicyclic) bond motifs is 1. The zero-order valence-electron chi connectivity index (χ0n) is 9.97. The van der Waals surface area contributed by atoms with E-state index in [1.54, 1.807) is 7.11 Å². The van der Waals surface area contributed by atoms with E-state index in [4.69, 9.17) is 4.74 Å². The zero-order chi connectivity index (χ0) is 13.0. The molecule has 2 heterocycles. The van der Waals surface area contributed by atoms with E-state index in [9.17, 15) is 4.79 Å². The van der Waals surface area contributed by atoms with Crippen molar-refractivity contribution in [3.63, 3.8) is 0 Å². The minimum Gasteiger partial charge on any atom is -0.383 e. The lowest BCUT2D eigenvalue weighted by atomic mass is 10.5. The van der Waals surface area contributed by atoms with Gasteiger partial charge in [-0.25, -0.2) is 15.0 Å². The first kappa shape index (κ1) is 13.2. The molecule has 0 saturated heterocycles. The zero-order valence-corrected chi connectivity index (χ0v) is 11.6. The number of thioether (sulfide) groups is 1. The van der Waals surface area contributed by atoms with Crippen LogP contribution in [-0.4, -0.2) is 47.4 Å². The molecule has 2 aromatic heterocycles. The van der Waals surface area contributed by atoms with Crippen LogP contribution in [0.4, 0.5) is 0 Å². The van der Waals surface area contributed by atoms with E-state index >= 15 is 0 Å². The Labute approximate surface area is 112 Å². The molecular weight excluding hydrogens is 272 g/mol. The minimum atomic E-state index is -0.206. The van der Waals surface area contributed by atoms with Gasteiger partial charge in [0.2, 0.25) is 0 Å². The first-order valence-corrected chi connectivity index (χ1v) is 7.23. The maximum atomic E-state index is 11.8. The molecule has 0 spiro atoms. The van der Waals surface area contributed by atoms with Crippen LogP contribution in [0.15, 0.2) is 11.4 Å². The molecule has 0 aliphatic rings. The third-order valence-corrected chi connectivity index (χ3v) is 3.79. The van der Waals surface area contributed by atoms with Crippen molar-refractivity contribution in [3.8, 4) is 0 Å². The van der Waals surface area contributed by atoms with Crippen LogP contribution in [0.1, 0.15) is 9.80 Å². The van der Waals surface area contributed by atoms with Gasteiger partial charge >= 0.3 is 0 Å². The predicted molar refractivity (Wildman–Crippen MR) is 71.2 cm³/mol. The molecule has 0 atom stereocenters. The van der Waals surface area contributed by atoms with Crippen LogP contribution < -0.4 is 5.32 Å². The fourth-order valence-electron chi connectivity index (χ4n) is 1.32. The summed E-state index contributed by atoms with van der Waals surface area (Å²) in [5.74, 6) is -0.206. The molecule has 96 valence electrons. The van der Waals surface area contributed by atoms with Crippen LogP contribution in [0.25, 0.3) is 10.3 Å². The van der Waals surface area contributed by atoms with Crippen LogP contribution in [-0.2, 0) is 4.74 Å². The highest BCUT2D eigenvalue weighted by molar-refractivity contribution is 7.98. The lowest BCUT2D eigenvalue weighted by Gasteiger charge is -2.00. The molecule has 0 aromatic carbocycles. The summed E-state index contributed by atoms with van der Waals surface area (Å²) >= 11 is 2.75. The van der Waals surface area contributed by atoms with Gasteiger partial charge < -0.3 is 10.1 Å². The molecule has 0 aliphatic carbocycles. The summed E-state index contributed by atoms with van der Waals surface area (Å²) in [7, 11) is 1.59. The average Bonchev–Trinajstić information content (AvgIpc) is 2.82. The molecule has 0 bridgehead atoms. The van der Waals surface area contributed by atoms with E-state index in [0.29, 0.717) is 23.7 Å². The van der Waals surface area contributed by atoms with E-state index in [0.717, 1.165) is 9.86 Å². The summed E-state index contributed by atoms with van der Waals surface area (Å²) in [6, 6.07) is 0.